The first kappa shape index (κ1) is 25.2. The SMILES string of the molecule is Cc1ccc(OC(=O)N2CCc3c([nH]c4ccc(Cl)cc34)C2c2ccc(OCCCN(C)C)cc2)cc1. The van der Waals surface area contributed by atoms with Gasteiger partial charge in [0.1, 0.15) is 17.5 Å². The molecule has 1 aromatic heterocycles. The number of ether oxygens (including phenoxy) is 2. The molecule has 0 spiro atoms. The molecule has 1 aliphatic heterocycles. The van der Waals surface area contributed by atoms with E-state index in [1.54, 1.807) is 4.90 Å². The van der Waals surface area contributed by atoms with Crippen LogP contribution < -0.4 is 9.47 Å². The van der Waals surface area contributed by atoms with Crippen molar-refractivity contribution in [2.45, 2.75) is 25.8 Å². The van der Waals surface area contributed by atoms with Crippen LogP contribution in [-0.4, -0.2) is 54.7 Å². The zero-order chi connectivity index (χ0) is 25.9. The zero-order valence-electron chi connectivity index (χ0n) is 21.5. The predicted octanol–water partition coefficient (Wildman–Crippen LogP) is 6.61. The third kappa shape index (κ3) is 5.60. The number of nitrogens with one attached hydrogen (secondary N) is 1. The number of carbonyl (C=O) groups excluding carboxylic acids is 1. The van der Waals surface area contributed by atoms with Gasteiger partial charge in [-0.05, 0) is 87.5 Å². The third-order valence-corrected chi connectivity index (χ3v) is 7.00. The van der Waals surface area contributed by atoms with Crippen LogP contribution in [0.15, 0.2) is 66.7 Å². The average Bonchev–Trinajstić information content (AvgIpc) is 3.25. The molecule has 6 nitrogen and oxygen atoms in total. The van der Waals surface area contributed by atoms with Crippen molar-refractivity contribution in [2.24, 2.45) is 0 Å². The number of fused-ring (bicyclic) bond motifs is 3. The molecular weight excluding hydrogens is 486 g/mol. The van der Waals surface area contributed by atoms with E-state index in [1.807, 2.05) is 73.7 Å². The van der Waals surface area contributed by atoms with Crippen LogP contribution in [0.4, 0.5) is 4.79 Å². The average molecular weight is 518 g/mol. The summed E-state index contributed by atoms with van der Waals surface area (Å²) < 4.78 is 11.7. The fourth-order valence-corrected chi connectivity index (χ4v) is 5.06. The van der Waals surface area contributed by atoms with E-state index in [2.05, 4.69) is 24.0 Å². The van der Waals surface area contributed by atoms with Gasteiger partial charge < -0.3 is 19.4 Å². The monoisotopic (exact) mass is 517 g/mol. The number of benzene rings is 3. The molecule has 2 heterocycles. The number of aryl methyl sites for hydroxylation is 1. The first-order chi connectivity index (χ1) is 17.9. The highest BCUT2D eigenvalue weighted by molar-refractivity contribution is 6.31. The van der Waals surface area contributed by atoms with Crippen molar-refractivity contribution in [3.63, 3.8) is 0 Å². The number of hydrogen-bond acceptors (Lipinski definition) is 4. The minimum Gasteiger partial charge on any atom is -0.494 e. The molecule has 7 heteroatoms. The minimum absolute atomic E-state index is 0.323. The topological polar surface area (TPSA) is 57.8 Å². The lowest BCUT2D eigenvalue weighted by Crippen LogP contribution is -2.42. The molecule has 0 saturated carbocycles. The van der Waals surface area contributed by atoms with Crippen LogP contribution >= 0.6 is 11.6 Å². The van der Waals surface area contributed by atoms with Gasteiger partial charge in [-0.15, -0.1) is 0 Å². The van der Waals surface area contributed by atoms with E-state index in [0.29, 0.717) is 30.3 Å². The van der Waals surface area contributed by atoms with Gasteiger partial charge in [-0.2, -0.15) is 0 Å². The summed E-state index contributed by atoms with van der Waals surface area (Å²) in [5.74, 6) is 1.35. The van der Waals surface area contributed by atoms with Gasteiger partial charge in [-0.1, -0.05) is 41.4 Å². The summed E-state index contributed by atoms with van der Waals surface area (Å²) in [5, 5.41) is 1.79. The molecule has 3 aromatic carbocycles. The number of halogens is 1. The second kappa shape index (κ2) is 10.9. The highest BCUT2D eigenvalue weighted by Crippen LogP contribution is 2.40. The van der Waals surface area contributed by atoms with Crippen LogP contribution in [0.1, 0.15) is 34.8 Å². The summed E-state index contributed by atoms with van der Waals surface area (Å²) in [6.45, 7) is 4.17. The lowest BCUT2D eigenvalue weighted by molar-refractivity contribution is 0.135. The van der Waals surface area contributed by atoms with Crippen LogP contribution in [-0.2, 0) is 6.42 Å². The van der Waals surface area contributed by atoms with Gasteiger partial charge >= 0.3 is 6.09 Å². The van der Waals surface area contributed by atoms with Crippen LogP contribution in [0.3, 0.4) is 0 Å². The summed E-state index contributed by atoms with van der Waals surface area (Å²) in [5.41, 5.74) is 5.28. The number of aromatic amines is 1. The van der Waals surface area contributed by atoms with Gasteiger partial charge in [0.25, 0.3) is 0 Å². The van der Waals surface area contributed by atoms with E-state index in [9.17, 15) is 4.79 Å². The van der Waals surface area contributed by atoms with Crippen molar-refractivity contribution < 1.29 is 14.3 Å². The summed E-state index contributed by atoms with van der Waals surface area (Å²) in [7, 11) is 4.11. The van der Waals surface area contributed by atoms with E-state index in [0.717, 1.165) is 46.4 Å². The van der Waals surface area contributed by atoms with Crippen molar-refractivity contribution in [2.75, 3.05) is 33.8 Å². The first-order valence-corrected chi connectivity index (χ1v) is 13.0. The van der Waals surface area contributed by atoms with Crippen LogP contribution in [0.5, 0.6) is 11.5 Å². The molecule has 37 heavy (non-hydrogen) atoms. The molecule has 4 aromatic rings. The molecule has 1 aliphatic rings. The van der Waals surface area contributed by atoms with Gasteiger partial charge in [0.2, 0.25) is 0 Å². The maximum absolute atomic E-state index is 13.5. The number of aromatic nitrogens is 1. The predicted molar refractivity (Wildman–Crippen MR) is 148 cm³/mol. The van der Waals surface area contributed by atoms with E-state index in [1.165, 1.54) is 5.56 Å². The maximum Gasteiger partial charge on any atom is 0.416 e. The molecule has 0 radical (unpaired) electrons. The molecule has 0 aliphatic carbocycles. The maximum atomic E-state index is 13.5. The van der Waals surface area contributed by atoms with Gasteiger partial charge in [0.15, 0.2) is 0 Å². The Bertz CT molecular complexity index is 1380. The van der Waals surface area contributed by atoms with Gasteiger partial charge in [-0.3, -0.25) is 4.90 Å². The van der Waals surface area contributed by atoms with Crippen molar-refractivity contribution >= 4 is 28.6 Å². The van der Waals surface area contributed by atoms with Gasteiger partial charge in [0.05, 0.1) is 6.61 Å². The lowest BCUT2D eigenvalue weighted by atomic mass is 9.92. The van der Waals surface area contributed by atoms with Crippen LogP contribution in [0.2, 0.25) is 5.02 Å². The van der Waals surface area contributed by atoms with Gasteiger partial charge in [-0.25, -0.2) is 4.79 Å². The number of carbonyl (C=O) groups is 1. The molecular formula is C30H32ClN3O3. The summed E-state index contributed by atoms with van der Waals surface area (Å²) in [6.07, 6.45) is 1.29. The highest BCUT2D eigenvalue weighted by atomic mass is 35.5. The zero-order valence-corrected chi connectivity index (χ0v) is 22.2. The minimum atomic E-state index is -0.375. The molecule has 1 atom stereocenters. The fourth-order valence-electron chi connectivity index (χ4n) is 4.89. The van der Waals surface area contributed by atoms with Gasteiger partial charge in [0, 0.05) is 34.7 Å². The summed E-state index contributed by atoms with van der Waals surface area (Å²) in [4.78, 5) is 21.0. The Labute approximate surface area is 222 Å². The Morgan fingerprint density at radius 1 is 1.05 bits per heavy atom. The lowest BCUT2D eigenvalue weighted by Gasteiger charge is -2.35. The number of H-pyrrole nitrogens is 1. The highest BCUT2D eigenvalue weighted by Gasteiger charge is 2.35. The number of nitrogens with zero attached hydrogens (tertiary/aromatic N) is 2. The summed E-state index contributed by atoms with van der Waals surface area (Å²) >= 11 is 6.32. The Kier molecular flexibility index (Phi) is 7.40. The molecule has 5 rings (SSSR count). The number of rotatable bonds is 7. The Balaban J connectivity index is 1.45. The molecule has 1 unspecified atom stereocenters. The van der Waals surface area contributed by atoms with E-state index < -0.39 is 0 Å². The van der Waals surface area contributed by atoms with Crippen molar-refractivity contribution in [1.82, 2.24) is 14.8 Å². The van der Waals surface area contributed by atoms with Crippen LogP contribution in [0.25, 0.3) is 10.9 Å². The number of amides is 1. The van der Waals surface area contributed by atoms with E-state index >= 15 is 0 Å². The molecule has 0 bridgehead atoms. The second-order valence-corrected chi connectivity index (χ2v) is 10.2. The normalized spacial score (nSPS) is 15.2. The van der Waals surface area contributed by atoms with Crippen molar-refractivity contribution in [3.8, 4) is 11.5 Å². The Morgan fingerprint density at radius 2 is 1.78 bits per heavy atom. The van der Waals surface area contributed by atoms with Crippen molar-refractivity contribution in [1.29, 1.82) is 0 Å². The standard InChI is InChI=1S/C30H32ClN3O3/c1-20-5-10-24(11-6-20)37-30(35)34-17-15-25-26-19-22(31)9-14-27(26)32-28(25)29(34)21-7-12-23(13-8-21)36-18-4-16-33(2)3/h5-14,19,29,32H,4,15-18H2,1-3H3. The molecule has 0 saturated heterocycles. The fraction of sp³-hybridized carbons (Fsp3) is 0.300. The molecule has 192 valence electrons. The molecule has 1 amide bonds. The largest absolute Gasteiger partial charge is 0.494 e. The van der Waals surface area contributed by atoms with E-state index in [4.69, 9.17) is 21.1 Å². The smallest absolute Gasteiger partial charge is 0.416 e. The third-order valence-electron chi connectivity index (χ3n) is 6.76. The first-order valence-electron chi connectivity index (χ1n) is 12.6. The van der Waals surface area contributed by atoms with Crippen LogP contribution in [0, 0.1) is 6.92 Å². The van der Waals surface area contributed by atoms with E-state index in [-0.39, 0.29) is 12.1 Å². The Hall–Kier alpha value is -3.48. The molecule has 1 N–H and O–H groups in total. The number of hydrogen-bond donors (Lipinski definition) is 1. The quantitative estimate of drug-likeness (QED) is 0.280. The second-order valence-electron chi connectivity index (χ2n) is 9.81. The van der Waals surface area contributed by atoms with Crippen molar-refractivity contribution in [3.05, 3.63) is 94.1 Å². The molecule has 0 fully saturated rings. The Morgan fingerprint density at radius 3 is 2.51 bits per heavy atom. The summed E-state index contributed by atoms with van der Waals surface area (Å²) in [6, 6.07) is 21.1.